The summed E-state index contributed by atoms with van der Waals surface area (Å²) in [7, 11) is 1.94. The minimum absolute atomic E-state index is 0.126. The number of imidazole rings is 1. The minimum Gasteiger partial charge on any atom is -0.389 e. The van der Waals surface area contributed by atoms with Crippen LogP contribution in [0.4, 0.5) is 0 Å². The van der Waals surface area contributed by atoms with Crippen LogP contribution in [0.25, 0.3) is 0 Å². The normalized spacial score (nSPS) is 28.2. The quantitative estimate of drug-likeness (QED) is 0.744. The van der Waals surface area contributed by atoms with E-state index in [0.29, 0.717) is 13.2 Å². The molecule has 2 heterocycles. The van der Waals surface area contributed by atoms with Gasteiger partial charge in [-0.2, -0.15) is 0 Å². The Hall–Kier alpha value is -0.520. The monoisotopic (exact) mass is 200 g/mol. The van der Waals surface area contributed by atoms with Crippen molar-refractivity contribution in [3.05, 3.63) is 12.4 Å². The number of aliphatic hydroxyl groups excluding tert-OH is 1. The number of nitrogens with zero attached hydrogens (tertiary/aromatic N) is 2. The van der Waals surface area contributed by atoms with Gasteiger partial charge in [-0.05, 0) is 0 Å². The minimum atomic E-state index is -0.360. The molecule has 13 heavy (non-hydrogen) atoms. The lowest BCUT2D eigenvalue weighted by molar-refractivity contribution is 0.127. The molecule has 1 aliphatic heterocycles. The fraction of sp³-hybridized carbons (Fsp3) is 0.625. The fourth-order valence-corrected chi connectivity index (χ4v) is 2.26. The molecule has 1 aliphatic rings. The third-order valence-electron chi connectivity index (χ3n) is 2.03. The molecule has 2 unspecified atom stereocenters. The topological polar surface area (TPSA) is 47.3 Å². The van der Waals surface area contributed by atoms with Crippen LogP contribution < -0.4 is 0 Å². The van der Waals surface area contributed by atoms with Crippen molar-refractivity contribution < 1.29 is 9.84 Å². The highest BCUT2D eigenvalue weighted by Gasteiger charge is 2.28. The van der Waals surface area contributed by atoms with Crippen LogP contribution >= 0.6 is 11.8 Å². The van der Waals surface area contributed by atoms with Gasteiger partial charge < -0.3 is 14.4 Å². The van der Waals surface area contributed by atoms with E-state index in [4.69, 9.17) is 4.74 Å². The molecule has 72 valence electrons. The van der Waals surface area contributed by atoms with Gasteiger partial charge in [0.2, 0.25) is 0 Å². The van der Waals surface area contributed by atoms with E-state index in [-0.39, 0.29) is 11.4 Å². The average Bonchev–Trinajstić information content (AvgIpc) is 2.65. The van der Waals surface area contributed by atoms with Gasteiger partial charge in [-0.1, -0.05) is 11.8 Å². The summed E-state index contributed by atoms with van der Waals surface area (Å²) in [5, 5.41) is 10.5. The van der Waals surface area contributed by atoms with Crippen LogP contribution in [0.15, 0.2) is 17.6 Å². The summed E-state index contributed by atoms with van der Waals surface area (Å²) in [6.07, 6.45) is 3.29. The molecular formula is C8H12N2O2S. The van der Waals surface area contributed by atoms with Gasteiger partial charge in [0.15, 0.2) is 5.16 Å². The molecule has 1 fully saturated rings. The number of hydrogen-bond donors (Lipinski definition) is 1. The van der Waals surface area contributed by atoms with E-state index >= 15 is 0 Å². The zero-order valence-electron chi connectivity index (χ0n) is 7.38. The summed E-state index contributed by atoms with van der Waals surface area (Å²) in [6.45, 7) is 1.06. The molecule has 4 nitrogen and oxygen atoms in total. The number of thioether (sulfide) groups is 1. The third-order valence-corrected chi connectivity index (χ3v) is 3.39. The van der Waals surface area contributed by atoms with Crippen molar-refractivity contribution in [3.63, 3.8) is 0 Å². The maximum atomic E-state index is 9.50. The van der Waals surface area contributed by atoms with Gasteiger partial charge in [0, 0.05) is 19.4 Å². The number of aliphatic hydroxyl groups is 1. The average molecular weight is 200 g/mol. The third kappa shape index (κ3) is 1.87. The van der Waals surface area contributed by atoms with Gasteiger partial charge in [-0.3, -0.25) is 0 Å². The Morgan fingerprint density at radius 1 is 1.69 bits per heavy atom. The number of ether oxygens (including phenoxy) is 1. The molecule has 1 saturated heterocycles. The maximum absolute atomic E-state index is 9.50. The zero-order chi connectivity index (χ0) is 9.26. The first-order valence-electron chi connectivity index (χ1n) is 4.17. The Balaban J connectivity index is 2.01. The van der Waals surface area contributed by atoms with Crippen molar-refractivity contribution in [1.29, 1.82) is 0 Å². The summed E-state index contributed by atoms with van der Waals surface area (Å²) in [5.41, 5.74) is 0. The number of aromatic nitrogens is 2. The van der Waals surface area contributed by atoms with Crippen LogP contribution in [0.1, 0.15) is 0 Å². The molecule has 0 bridgehead atoms. The Bertz CT molecular complexity index is 289. The Kier molecular flexibility index (Phi) is 2.57. The lowest BCUT2D eigenvalue weighted by Gasteiger charge is -2.10. The molecule has 0 amide bonds. The highest BCUT2D eigenvalue weighted by Crippen LogP contribution is 2.26. The van der Waals surface area contributed by atoms with Crippen molar-refractivity contribution >= 4 is 11.8 Å². The first kappa shape index (κ1) is 9.05. The molecular weight excluding hydrogens is 188 g/mol. The van der Waals surface area contributed by atoms with Crippen LogP contribution in [0, 0.1) is 0 Å². The molecule has 1 N–H and O–H groups in total. The largest absolute Gasteiger partial charge is 0.389 e. The maximum Gasteiger partial charge on any atom is 0.168 e. The molecule has 0 radical (unpaired) electrons. The molecule has 5 heteroatoms. The number of aryl methyl sites for hydroxylation is 1. The molecule has 2 rings (SSSR count). The smallest absolute Gasteiger partial charge is 0.168 e. The van der Waals surface area contributed by atoms with Crippen molar-refractivity contribution in [2.24, 2.45) is 7.05 Å². The zero-order valence-corrected chi connectivity index (χ0v) is 8.20. The summed E-state index contributed by atoms with van der Waals surface area (Å²) in [4.78, 5) is 4.17. The summed E-state index contributed by atoms with van der Waals surface area (Å²) in [5.74, 6) is 0. The van der Waals surface area contributed by atoms with Crippen molar-refractivity contribution in [1.82, 2.24) is 9.55 Å². The summed E-state index contributed by atoms with van der Waals surface area (Å²) < 4.78 is 7.09. The van der Waals surface area contributed by atoms with Crippen molar-refractivity contribution in [2.45, 2.75) is 16.5 Å². The molecule has 0 aromatic carbocycles. The van der Waals surface area contributed by atoms with E-state index < -0.39 is 0 Å². The lowest BCUT2D eigenvalue weighted by Crippen LogP contribution is -2.20. The predicted octanol–water partition coefficient (Wildman–Crippen LogP) is 0.272. The van der Waals surface area contributed by atoms with Crippen LogP contribution in [0.5, 0.6) is 0 Å². The first-order chi connectivity index (χ1) is 6.27. The second kappa shape index (κ2) is 3.69. The van der Waals surface area contributed by atoms with E-state index in [9.17, 15) is 5.11 Å². The van der Waals surface area contributed by atoms with Crippen molar-refractivity contribution in [3.8, 4) is 0 Å². The fourth-order valence-electron chi connectivity index (χ4n) is 1.24. The molecule has 2 atom stereocenters. The van der Waals surface area contributed by atoms with Gasteiger partial charge in [-0.15, -0.1) is 0 Å². The Morgan fingerprint density at radius 2 is 2.54 bits per heavy atom. The van der Waals surface area contributed by atoms with Gasteiger partial charge in [0.1, 0.15) is 0 Å². The van der Waals surface area contributed by atoms with Crippen molar-refractivity contribution in [2.75, 3.05) is 13.2 Å². The molecule has 1 aromatic rings. The Morgan fingerprint density at radius 3 is 3.08 bits per heavy atom. The summed E-state index contributed by atoms with van der Waals surface area (Å²) in [6, 6.07) is 0. The Labute approximate surface area is 80.9 Å². The highest BCUT2D eigenvalue weighted by molar-refractivity contribution is 7.99. The van der Waals surface area contributed by atoms with Gasteiger partial charge >= 0.3 is 0 Å². The second-order valence-corrected chi connectivity index (χ2v) is 4.29. The van der Waals surface area contributed by atoms with Crippen LogP contribution in [-0.4, -0.2) is 39.2 Å². The van der Waals surface area contributed by atoms with Gasteiger partial charge in [0.25, 0.3) is 0 Å². The van der Waals surface area contributed by atoms with Gasteiger partial charge in [-0.25, -0.2) is 4.98 Å². The van der Waals surface area contributed by atoms with Crippen LogP contribution in [0.2, 0.25) is 0 Å². The van der Waals surface area contributed by atoms with E-state index in [1.165, 1.54) is 0 Å². The number of rotatable bonds is 2. The van der Waals surface area contributed by atoms with Crippen LogP contribution in [0.3, 0.4) is 0 Å². The SMILES string of the molecule is Cn1ccnc1SC1COCC1O. The van der Waals surface area contributed by atoms with E-state index in [0.717, 1.165) is 5.16 Å². The molecule has 0 aliphatic carbocycles. The van der Waals surface area contributed by atoms with E-state index in [1.807, 2.05) is 17.8 Å². The predicted molar refractivity (Wildman–Crippen MR) is 49.7 cm³/mol. The second-order valence-electron chi connectivity index (χ2n) is 3.08. The highest BCUT2D eigenvalue weighted by atomic mass is 32.2. The van der Waals surface area contributed by atoms with Crippen LogP contribution in [-0.2, 0) is 11.8 Å². The van der Waals surface area contributed by atoms with Gasteiger partial charge in [0.05, 0.1) is 24.6 Å². The summed E-state index contributed by atoms with van der Waals surface area (Å²) >= 11 is 1.57. The molecule has 0 spiro atoms. The van der Waals surface area contributed by atoms with E-state index in [1.54, 1.807) is 18.0 Å². The molecule has 0 saturated carbocycles. The lowest BCUT2D eigenvalue weighted by atomic mass is 10.3. The molecule has 1 aromatic heterocycles. The standard InChI is InChI=1S/C8H12N2O2S/c1-10-3-2-9-8(10)13-7-5-12-4-6(7)11/h2-3,6-7,11H,4-5H2,1H3. The van der Waals surface area contributed by atoms with E-state index in [2.05, 4.69) is 4.98 Å². The first-order valence-corrected chi connectivity index (χ1v) is 5.05. The number of hydrogen-bond acceptors (Lipinski definition) is 4.